The van der Waals surface area contributed by atoms with Crippen LogP contribution in [0.2, 0.25) is 0 Å². The third-order valence-electron chi connectivity index (χ3n) is 2.24. The van der Waals surface area contributed by atoms with Crippen LogP contribution in [0.3, 0.4) is 0 Å². The predicted molar refractivity (Wildman–Crippen MR) is 74.5 cm³/mol. The van der Waals surface area contributed by atoms with Crippen molar-refractivity contribution in [3.63, 3.8) is 0 Å². The molecule has 0 rings (SSSR count). The van der Waals surface area contributed by atoms with E-state index in [1.54, 1.807) is 0 Å². The quantitative estimate of drug-likeness (QED) is 0.527. The lowest BCUT2D eigenvalue weighted by Gasteiger charge is -2.12. The topological polar surface area (TPSA) is 52.6 Å². The smallest absolute Gasteiger partial charge is 0.334 e. The Labute approximate surface area is 116 Å². The van der Waals surface area contributed by atoms with E-state index < -0.39 is 11.9 Å². The van der Waals surface area contributed by atoms with Crippen molar-refractivity contribution in [3.05, 3.63) is 11.6 Å². The van der Waals surface area contributed by atoms with Gasteiger partial charge >= 0.3 is 11.9 Å². The Morgan fingerprint density at radius 3 is 1.79 bits per heavy atom. The van der Waals surface area contributed by atoms with Crippen molar-refractivity contribution in [2.45, 2.75) is 41.5 Å². The zero-order valence-electron chi connectivity index (χ0n) is 12.9. The van der Waals surface area contributed by atoms with Crippen molar-refractivity contribution >= 4 is 11.9 Å². The van der Waals surface area contributed by atoms with Crippen molar-refractivity contribution in [2.75, 3.05) is 13.2 Å². The molecule has 0 radical (unpaired) electrons. The lowest BCUT2D eigenvalue weighted by atomic mass is 10.0. The van der Waals surface area contributed by atoms with Crippen molar-refractivity contribution in [3.8, 4) is 0 Å². The summed E-state index contributed by atoms with van der Waals surface area (Å²) in [6.45, 7) is 12.2. The molecule has 4 heteroatoms. The lowest BCUT2D eigenvalue weighted by Crippen LogP contribution is -2.17. The molecule has 0 fully saturated rings. The molecule has 0 aromatic carbocycles. The van der Waals surface area contributed by atoms with Crippen LogP contribution in [0, 0.1) is 17.8 Å². The first-order valence-electron chi connectivity index (χ1n) is 6.79. The van der Waals surface area contributed by atoms with E-state index in [4.69, 9.17) is 9.47 Å². The first kappa shape index (κ1) is 17.7. The van der Waals surface area contributed by atoms with Gasteiger partial charge in [0.15, 0.2) is 0 Å². The van der Waals surface area contributed by atoms with Crippen LogP contribution in [0.15, 0.2) is 11.6 Å². The highest BCUT2D eigenvalue weighted by Crippen LogP contribution is 2.13. The van der Waals surface area contributed by atoms with E-state index in [0.29, 0.717) is 18.8 Å². The summed E-state index contributed by atoms with van der Waals surface area (Å²) in [7, 11) is 0. The molecule has 110 valence electrons. The van der Waals surface area contributed by atoms with Gasteiger partial charge in [-0.3, -0.25) is 0 Å². The molecule has 0 aliphatic carbocycles. The molecule has 0 aromatic heterocycles. The van der Waals surface area contributed by atoms with Crippen molar-refractivity contribution < 1.29 is 19.1 Å². The van der Waals surface area contributed by atoms with Gasteiger partial charge in [-0.25, -0.2) is 9.59 Å². The second-order valence-corrected chi connectivity index (χ2v) is 5.77. The Hall–Kier alpha value is -1.32. The zero-order chi connectivity index (χ0) is 15.0. The van der Waals surface area contributed by atoms with Crippen LogP contribution < -0.4 is 0 Å². The fourth-order valence-electron chi connectivity index (χ4n) is 1.20. The Kier molecular flexibility index (Phi) is 8.12. The van der Waals surface area contributed by atoms with Gasteiger partial charge in [0.25, 0.3) is 0 Å². The molecule has 0 amide bonds. The van der Waals surface area contributed by atoms with Gasteiger partial charge in [-0.15, -0.1) is 0 Å². The summed E-state index contributed by atoms with van der Waals surface area (Å²) < 4.78 is 10.2. The maximum atomic E-state index is 11.9. The summed E-state index contributed by atoms with van der Waals surface area (Å²) in [5.41, 5.74) is 0.356. The monoisotopic (exact) mass is 270 g/mol. The summed E-state index contributed by atoms with van der Waals surface area (Å²) in [5.74, 6) is -0.464. The van der Waals surface area contributed by atoms with Gasteiger partial charge in [0, 0.05) is 11.6 Å². The average molecular weight is 270 g/mol. The summed E-state index contributed by atoms with van der Waals surface area (Å²) in [4.78, 5) is 23.5. The molecule has 19 heavy (non-hydrogen) atoms. The van der Waals surface area contributed by atoms with Crippen LogP contribution in [-0.4, -0.2) is 25.2 Å². The highest BCUT2D eigenvalue weighted by Gasteiger charge is 2.17. The maximum Gasteiger partial charge on any atom is 0.334 e. The molecule has 0 aliphatic heterocycles. The second kappa shape index (κ2) is 8.73. The fourth-order valence-corrected chi connectivity index (χ4v) is 1.20. The molecule has 0 aliphatic rings. The van der Waals surface area contributed by atoms with E-state index in [1.807, 2.05) is 41.5 Å². The van der Waals surface area contributed by atoms with Crippen LogP contribution in [0.5, 0.6) is 0 Å². The molecule has 4 nitrogen and oxygen atoms in total. The van der Waals surface area contributed by atoms with Crippen LogP contribution in [0.4, 0.5) is 0 Å². The van der Waals surface area contributed by atoms with Crippen molar-refractivity contribution in [1.29, 1.82) is 0 Å². The minimum atomic E-state index is -0.487. The van der Waals surface area contributed by atoms with E-state index in [9.17, 15) is 9.59 Å². The maximum absolute atomic E-state index is 11.9. The molecule has 0 aromatic rings. The van der Waals surface area contributed by atoms with Crippen LogP contribution in [0.25, 0.3) is 0 Å². The molecule has 0 spiro atoms. The molecular formula is C15H26O4. The number of carbonyl (C=O) groups is 2. The number of ether oxygens (including phenoxy) is 2. The van der Waals surface area contributed by atoms with Crippen LogP contribution >= 0.6 is 0 Å². The Morgan fingerprint density at radius 2 is 1.37 bits per heavy atom. The van der Waals surface area contributed by atoms with E-state index in [1.165, 1.54) is 6.08 Å². The van der Waals surface area contributed by atoms with E-state index >= 15 is 0 Å². The molecule has 0 saturated carbocycles. The summed E-state index contributed by atoms with van der Waals surface area (Å²) in [5, 5.41) is 0. The molecule has 0 saturated heterocycles. The summed E-state index contributed by atoms with van der Waals surface area (Å²) >= 11 is 0. The van der Waals surface area contributed by atoms with E-state index in [-0.39, 0.29) is 17.8 Å². The number of hydrogen-bond donors (Lipinski definition) is 0. The number of carbonyl (C=O) groups excluding carboxylic acids is 2. The van der Waals surface area contributed by atoms with Gasteiger partial charge in [0.2, 0.25) is 0 Å². The van der Waals surface area contributed by atoms with Gasteiger partial charge in [0.05, 0.1) is 13.2 Å². The summed E-state index contributed by atoms with van der Waals surface area (Å²) in [6, 6.07) is 0. The molecule has 0 heterocycles. The standard InChI is InChI=1S/C15H26O4/c1-10(2)8-18-14(16)7-13(12(5)6)15(17)19-9-11(3)4/h7,10-12H,8-9H2,1-6H3. The number of esters is 2. The minimum Gasteiger partial charge on any atom is -0.462 e. The predicted octanol–water partition coefficient (Wildman–Crippen LogP) is 2.97. The van der Waals surface area contributed by atoms with Gasteiger partial charge in [-0.05, 0) is 17.8 Å². The molecule has 0 bridgehead atoms. The van der Waals surface area contributed by atoms with E-state index in [0.717, 1.165) is 0 Å². The van der Waals surface area contributed by atoms with Crippen molar-refractivity contribution in [2.24, 2.45) is 17.8 Å². The highest BCUT2D eigenvalue weighted by atomic mass is 16.5. The first-order valence-corrected chi connectivity index (χ1v) is 6.79. The molecular weight excluding hydrogens is 244 g/mol. The highest BCUT2D eigenvalue weighted by molar-refractivity contribution is 5.96. The second-order valence-electron chi connectivity index (χ2n) is 5.77. The fraction of sp³-hybridized carbons (Fsp3) is 0.733. The Bertz CT molecular complexity index is 327. The van der Waals surface area contributed by atoms with Crippen LogP contribution in [-0.2, 0) is 19.1 Å². The molecule has 0 atom stereocenters. The number of rotatable bonds is 7. The van der Waals surface area contributed by atoms with Crippen molar-refractivity contribution in [1.82, 2.24) is 0 Å². The van der Waals surface area contributed by atoms with Crippen LogP contribution in [0.1, 0.15) is 41.5 Å². The number of hydrogen-bond acceptors (Lipinski definition) is 4. The largest absolute Gasteiger partial charge is 0.462 e. The normalized spacial score (nSPS) is 12.2. The lowest BCUT2D eigenvalue weighted by molar-refractivity contribution is -0.143. The third-order valence-corrected chi connectivity index (χ3v) is 2.24. The minimum absolute atomic E-state index is 0.0775. The Balaban J connectivity index is 4.61. The molecule has 0 N–H and O–H groups in total. The average Bonchev–Trinajstić information content (AvgIpc) is 2.29. The van der Waals surface area contributed by atoms with Gasteiger partial charge < -0.3 is 9.47 Å². The molecule has 0 unspecified atom stereocenters. The SMILES string of the molecule is CC(C)COC(=O)C=C(C(=O)OCC(C)C)C(C)C. The van der Waals surface area contributed by atoms with E-state index in [2.05, 4.69) is 0 Å². The van der Waals surface area contributed by atoms with Gasteiger partial charge in [-0.2, -0.15) is 0 Å². The van der Waals surface area contributed by atoms with Gasteiger partial charge in [-0.1, -0.05) is 41.5 Å². The first-order chi connectivity index (χ1) is 8.73. The summed E-state index contributed by atoms with van der Waals surface area (Å²) in [6.07, 6.45) is 1.25. The zero-order valence-corrected chi connectivity index (χ0v) is 12.9. The third kappa shape index (κ3) is 8.41. The Morgan fingerprint density at radius 1 is 0.895 bits per heavy atom. The van der Waals surface area contributed by atoms with Gasteiger partial charge in [0.1, 0.15) is 0 Å².